The lowest BCUT2D eigenvalue weighted by molar-refractivity contribution is -0.131. The number of hydrogen-bond acceptors (Lipinski definition) is 1. The van der Waals surface area contributed by atoms with Gasteiger partial charge in [-0.2, -0.15) is 0 Å². The lowest BCUT2D eigenvalue weighted by Crippen LogP contribution is -2.43. The lowest BCUT2D eigenvalue weighted by Gasteiger charge is -2.38. The van der Waals surface area contributed by atoms with E-state index in [1.807, 2.05) is 0 Å². The molecule has 0 aromatic heterocycles. The molecule has 1 amide bonds. The van der Waals surface area contributed by atoms with Crippen LogP contribution in [0, 0.1) is 16.9 Å². The standard InChI is InChI=1S/C29H53NOSi/c1-10-19-29(9,21-23-32(24(3)4,25(5)6)26(7)8)20-17-28(31)30(11-2)22-18-27-15-13-12-14-16-27/h15,24-26H,10-14,16-20,22H2,1-9H3/t29-/m0/s1. The largest absolute Gasteiger partial charge is 0.343 e. The van der Waals surface area contributed by atoms with Gasteiger partial charge in [-0.25, -0.2) is 0 Å². The highest BCUT2D eigenvalue weighted by Gasteiger charge is 2.42. The van der Waals surface area contributed by atoms with Gasteiger partial charge in [0.15, 0.2) is 0 Å². The average Bonchev–Trinajstić information content (AvgIpc) is 2.73. The van der Waals surface area contributed by atoms with Gasteiger partial charge in [0, 0.05) is 24.9 Å². The molecule has 0 spiro atoms. The molecule has 0 bridgehead atoms. The van der Waals surface area contributed by atoms with Crippen LogP contribution in [-0.4, -0.2) is 32.0 Å². The van der Waals surface area contributed by atoms with Crippen molar-refractivity contribution in [2.24, 2.45) is 5.41 Å². The molecule has 184 valence electrons. The first-order valence-electron chi connectivity index (χ1n) is 13.5. The van der Waals surface area contributed by atoms with Crippen molar-refractivity contribution in [3.05, 3.63) is 11.6 Å². The molecular formula is C29H53NOSi. The maximum Gasteiger partial charge on any atom is 0.222 e. The first-order valence-corrected chi connectivity index (χ1v) is 15.8. The van der Waals surface area contributed by atoms with Crippen LogP contribution in [0.25, 0.3) is 0 Å². The summed E-state index contributed by atoms with van der Waals surface area (Å²) in [6.45, 7) is 22.6. The van der Waals surface area contributed by atoms with E-state index in [2.05, 4.69) is 84.8 Å². The van der Waals surface area contributed by atoms with Gasteiger partial charge >= 0.3 is 0 Å². The van der Waals surface area contributed by atoms with Crippen LogP contribution in [0.15, 0.2) is 11.6 Å². The number of amides is 1. The normalized spacial score (nSPS) is 16.6. The van der Waals surface area contributed by atoms with Crippen molar-refractivity contribution in [1.82, 2.24) is 4.90 Å². The van der Waals surface area contributed by atoms with Crippen molar-refractivity contribution < 1.29 is 4.79 Å². The Morgan fingerprint density at radius 1 is 1.06 bits per heavy atom. The Kier molecular flexibility index (Phi) is 12.4. The second-order valence-corrected chi connectivity index (χ2v) is 16.9. The molecule has 1 rings (SSSR count). The highest BCUT2D eigenvalue weighted by molar-refractivity contribution is 6.90. The lowest BCUT2D eigenvalue weighted by atomic mass is 9.82. The first kappa shape index (κ1) is 29.0. The Morgan fingerprint density at radius 2 is 1.69 bits per heavy atom. The van der Waals surface area contributed by atoms with Crippen LogP contribution in [-0.2, 0) is 4.79 Å². The fourth-order valence-electron chi connectivity index (χ4n) is 5.90. The molecule has 0 aromatic carbocycles. The second kappa shape index (κ2) is 13.6. The van der Waals surface area contributed by atoms with Gasteiger partial charge in [-0.05, 0) is 75.4 Å². The molecule has 0 saturated carbocycles. The summed E-state index contributed by atoms with van der Waals surface area (Å²) in [5.41, 5.74) is 7.38. The fraction of sp³-hybridized carbons (Fsp3) is 0.828. The highest BCUT2D eigenvalue weighted by atomic mass is 28.3. The Hall–Kier alpha value is -1.01. The van der Waals surface area contributed by atoms with Gasteiger partial charge in [0.1, 0.15) is 8.07 Å². The minimum absolute atomic E-state index is 0.0629. The summed E-state index contributed by atoms with van der Waals surface area (Å²) in [7, 11) is -1.75. The molecule has 0 unspecified atom stereocenters. The number of carbonyl (C=O) groups is 1. The number of allylic oxidation sites excluding steroid dienone is 1. The molecule has 32 heavy (non-hydrogen) atoms. The van der Waals surface area contributed by atoms with E-state index in [0.717, 1.165) is 38.8 Å². The molecule has 0 fully saturated rings. The van der Waals surface area contributed by atoms with E-state index in [9.17, 15) is 4.79 Å². The number of nitrogens with zero attached hydrogens (tertiary/aromatic N) is 1. The summed E-state index contributed by atoms with van der Waals surface area (Å²) in [4.78, 5) is 15.2. The number of rotatable bonds is 12. The molecule has 0 aromatic rings. The molecule has 1 aliphatic carbocycles. The summed E-state index contributed by atoms with van der Waals surface area (Å²) in [5.74, 6) is 4.12. The summed E-state index contributed by atoms with van der Waals surface area (Å²) in [6, 6.07) is 0. The van der Waals surface area contributed by atoms with E-state index < -0.39 is 8.07 Å². The topological polar surface area (TPSA) is 20.3 Å². The molecule has 0 saturated heterocycles. The molecule has 2 nitrogen and oxygen atoms in total. The van der Waals surface area contributed by atoms with Crippen molar-refractivity contribution in [2.45, 2.75) is 137 Å². The second-order valence-electron chi connectivity index (χ2n) is 11.3. The molecule has 3 heteroatoms. The van der Waals surface area contributed by atoms with E-state index >= 15 is 0 Å². The smallest absolute Gasteiger partial charge is 0.222 e. The van der Waals surface area contributed by atoms with Gasteiger partial charge in [-0.15, -0.1) is 11.5 Å². The molecular weight excluding hydrogens is 406 g/mol. The van der Waals surface area contributed by atoms with Gasteiger partial charge < -0.3 is 4.90 Å². The highest BCUT2D eigenvalue weighted by Crippen LogP contribution is 2.41. The van der Waals surface area contributed by atoms with Crippen LogP contribution in [0.1, 0.15) is 120 Å². The third-order valence-electron chi connectivity index (χ3n) is 7.96. The Labute approximate surface area is 202 Å². The molecule has 1 atom stereocenters. The zero-order valence-corrected chi connectivity index (χ0v) is 23.9. The van der Waals surface area contributed by atoms with Crippen LogP contribution >= 0.6 is 0 Å². The quantitative estimate of drug-likeness (QED) is 0.163. The van der Waals surface area contributed by atoms with Crippen molar-refractivity contribution in [2.75, 3.05) is 13.1 Å². The van der Waals surface area contributed by atoms with Gasteiger partial charge in [0.2, 0.25) is 5.91 Å². The average molecular weight is 460 g/mol. The van der Waals surface area contributed by atoms with Gasteiger partial charge in [0.25, 0.3) is 0 Å². The van der Waals surface area contributed by atoms with Gasteiger partial charge in [0.05, 0.1) is 0 Å². The Balaban J connectivity index is 2.91. The summed E-state index contributed by atoms with van der Waals surface area (Å²) >= 11 is 0. The van der Waals surface area contributed by atoms with E-state index in [-0.39, 0.29) is 5.41 Å². The summed E-state index contributed by atoms with van der Waals surface area (Å²) < 4.78 is 0. The Morgan fingerprint density at radius 3 is 2.16 bits per heavy atom. The number of carbonyl (C=O) groups excluding carboxylic acids is 1. The van der Waals surface area contributed by atoms with Crippen LogP contribution < -0.4 is 0 Å². The molecule has 0 N–H and O–H groups in total. The predicted octanol–water partition coefficient (Wildman–Crippen LogP) is 8.53. The maximum absolute atomic E-state index is 13.1. The molecule has 0 radical (unpaired) electrons. The summed E-state index contributed by atoms with van der Waals surface area (Å²) in [6.07, 6.45) is 12.2. The van der Waals surface area contributed by atoms with Crippen LogP contribution in [0.3, 0.4) is 0 Å². The summed E-state index contributed by atoms with van der Waals surface area (Å²) in [5, 5.41) is 0. The monoisotopic (exact) mass is 459 g/mol. The van der Waals surface area contributed by atoms with Gasteiger partial charge in [-0.1, -0.05) is 66.5 Å². The molecule has 0 aliphatic heterocycles. The van der Waals surface area contributed by atoms with Crippen LogP contribution in [0.5, 0.6) is 0 Å². The van der Waals surface area contributed by atoms with Crippen LogP contribution in [0.4, 0.5) is 0 Å². The van der Waals surface area contributed by atoms with E-state index in [1.165, 1.54) is 25.7 Å². The zero-order valence-electron chi connectivity index (χ0n) is 22.9. The van der Waals surface area contributed by atoms with Crippen molar-refractivity contribution in [3.8, 4) is 11.5 Å². The minimum atomic E-state index is -1.75. The predicted molar refractivity (Wildman–Crippen MR) is 144 cm³/mol. The fourth-order valence-corrected chi connectivity index (χ4v) is 11.3. The third kappa shape index (κ3) is 8.09. The maximum atomic E-state index is 13.1. The number of hydrogen-bond donors (Lipinski definition) is 0. The third-order valence-corrected chi connectivity index (χ3v) is 14.3. The molecule has 1 aliphatic rings. The first-order chi connectivity index (χ1) is 15.0. The van der Waals surface area contributed by atoms with Crippen molar-refractivity contribution >= 4 is 14.0 Å². The van der Waals surface area contributed by atoms with E-state index in [4.69, 9.17) is 0 Å². The van der Waals surface area contributed by atoms with Crippen molar-refractivity contribution in [1.29, 1.82) is 0 Å². The van der Waals surface area contributed by atoms with E-state index in [1.54, 1.807) is 5.57 Å². The minimum Gasteiger partial charge on any atom is -0.343 e. The molecule has 0 heterocycles. The SMILES string of the molecule is CCC[C@](C)(C#C[Si](C(C)C)(C(C)C)C(C)C)CCC(=O)N(CC)CCC1=CCCCC1. The Bertz CT molecular complexity index is 645. The van der Waals surface area contributed by atoms with Crippen molar-refractivity contribution in [3.63, 3.8) is 0 Å². The zero-order chi connectivity index (χ0) is 24.4. The van der Waals surface area contributed by atoms with Gasteiger partial charge in [-0.3, -0.25) is 4.79 Å². The van der Waals surface area contributed by atoms with E-state index in [0.29, 0.717) is 29.0 Å². The van der Waals surface area contributed by atoms with Crippen LogP contribution in [0.2, 0.25) is 16.6 Å².